The summed E-state index contributed by atoms with van der Waals surface area (Å²) in [5, 5.41) is 141. The molecule has 4 rings (SSSR count). The van der Waals surface area contributed by atoms with E-state index in [0.717, 1.165) is 32.9 Å². The molecule has 1 atom stereocenters. The van der Waals surface area contributed by atoms with Gasteiger partial charge in [0.25, 0.3) is 5.91 Å². The van der Waals surface area contributed by atoms with E-state index >= 15 is 0 Å². The van der Waals surface area contributed by atoms with Gasteiger partial charge in [-0.05, 0) is 50.3 Å². The van der Waals surface area contributed by atoms with Gasteiger partial charge in [-0.2, -0.15) is 0 Å². The van der Waals surface area contributed by atoms with Gasteiger partial charge in [-0.15, -0.1) is 0 Å². The van der Waals surface area contributed by atoms with Crippen LogP contribution in [0.2, 0.25) is 0 Å². The number of Topliss-reactive ketones (excluding diaryl/α,β-unsaturated/α-hetero) is 2. The average Bonchev–Trinajstić information content (AvgIpc) is 1.80. The van der Waals surface area contributed by atoms with Crippen molar-refractivity contribution in [2.45, 2.75) is 61.6 Å². The number of carbonyl (C=O) groups is 15. The third-order valence-corrected chi connectivity index (χ3v) is 16.2. The van der Waals surface area contributed by atoms with Crippen LogP contribution in [-0.2, 0) is 57.5 Å². The molecular formula is C56H71N10O27-9. The molecule has 3 aliphatic heterocycles. The molecule has 516 valence electrons. The number of benzene rings is 1. The Balaban J connectivity index is 1.87. The number of nitrogens with zero attached hydrogens (tertiary/aromatic N) is 9. The largest absolute Gasteiger partial charge is 0.549 e. The van der Waals surface area contributed by atoms with Gasteiger partial charge in [-0.25, -0.2) is 0 Å². The Morgan fingerprint density at radius 2 is 0.613 bits per heavy atom. The molecule has 37 nitrogen and oxygen atoms in total. The Morgan fingerprint density at radius 1 is 0.355 bits per heavy atom. The number of carboxylic acid groups (broad SMARTS) is 12. The van der Waals surface area contributed by atoms with Crippen LogP contribution in [0.25, 0.3) is 0 Å². The summed E-state index contributed by atoms with van der Waals surface area (Å²) in [5.74, 6) is -22.8. The van der Waals surface area contributed by atoms with Crippen molar-refractivity contribution >= 4 is 89.1 Å². The van der Waals surface area contributed by atoms with Gasteiger partial charge in [-0.3, -0.25) is 72.9 Å². The zero-order valence-electron chi connectivity index (χ0n) is 50.5. The van der Waals surface area contributed by atoms with Crippen molar-refractivity contribution in [3.8, 4) is 0 Å². The second-order valence-electron chi connectivity index (χ2n) is 23.4. The molecule has 0 radical (unpaired) electrons. The summed E-state index contributed by atoms with van der Waals surface area (Å²) in [7, 11) is 0. The Labute approximate surface area is 530 Å². The fourth-order valence-corrected chi connectivity index (χ4v) is 12.6. The maximum Gasteiger partial charge on any atom is 0.317 e. The molecule has 3 saturated heterocycles. The molecule has 0 bridgehead atoms. The normalized spacial score (nSPS) is 18.6. The number of carbonyl (C=O) groups excluding carboxylic acids is 12. The molecule has 93 heavy (non-hydrogen) atoms. The highest BCUT2D eigenvalue weighted by Gasteiger charge is 2.46. The first-order valence-corrected chi connectivity index (χ1v) is 29.0. The molecule has 37 heteroatoms. The predicted octanol–water partition coefficient (Wildman–Crippen LogP) is -16.5. The fraction of sp³-hybridized carbons (Fsp3) is 0.625. The van der Waals surface area contributed by atoms with Crippen LogP contribution in [0.1, 0.15) is 76.0 Å². The highest BCUT2D eigenvalue weighted by Crippen LogP contribution is 2.32. The van der Waals surface area contributed by atoms with E-state index < -0.39 is 266 Å². The summed E-state index contributed by atoms with van der Waals surface area (Å²) in [6.45, 7) is -15.5. The minimum atomic E-state index is -1.86. The van der Waals surface area contributed by atoms with Gasteiger partial charge in [0, 0.05) is 190 Å². The fourth-order valence-electron chi connectivity index (χ4n) is 12.6. The molecular weight excluding hydrogens is 1240 g/mol. The topological polar surface area (TPSA) is 565 Å². The number of nitrogens with one attached hydrogen (secondary N) is 1. The summed E-state index contributed by atoms with van der Waals surface area (Å²) < 4.78 is 0. The molecule has 0 aromatic heterocycles. The Hall–Kier alpha value is -8.69. The van der Waals surface area contributed by atoms with Crippen molar-refractivity contribution < 1.29 is 133 Å². The summed E-state index contributed by atoms with van der Waals surface area (Å²) >= 11 is 0. The van der Waals surface area contributed by atoms with Crippen molar-refractivity contribution in [1.82, 2.24) is 49.4 Å². The van der Waals surface area contributed by atoms with Gasteiger partial charge in [-0.1, -0.05) is 0 Å². The van der Waals surface area contributed by atoms with Crippen molar-refractivity contribution in [3.05, 3.63) is 34.9 Å². The van der Waals surface area contributed by atoms with Gasteiger partial charge in [0.05, 0.1) is 73.4 Å². The maximum atomic E-state index is 14.6. The number of rotatable bonds is 41. The average molecular weight is 1320 g/mol. The van der Waals surface area contributed by atoms with E-state index in [4.69, 9.17) is 0 Å². The van der Waals surface area contributed by atoms with Crippen molar-refractivity contribution in [3.63, 3.8) is 0 Å². The highest BCUT2D eigenvalue weighted by atomic mass is 16.4. The molecule has 1 amide bonds. The first-order chi connectivity index (χ1) is 43.5. The first-order valence-electron chi connectivity index (χ1n) is 29.0. The maximum absolute atomic E-state index is 14.6. The third kappa shape index (κ3) is 25.4. The lowest BCUT2D eigenvalue weighted by Crippen LogP contribution is -2.64. The first kappa shape index (κ1) is 76.8. The highest BCUT2D eigenvalue weighted by molar-refractivity contribution is 6.05. The van der Waals surface area contributed by atoms with Crippen LogP contribution in [0.15, 0.2) is 18.2 Å². The molecule has 0 spiro atoms. The molecule has 0 saturated carbocycles. The molecule has 1 unspecified atom stereocenters. The van der Waals surface area contributed by atoms with Crippen LogP contribution in [0.3, 0.4) is 0 Å². The number of hydrogen-bond acceptors (Lipinski definition) is 33. The number of carboxylic acids is 12. The summed E-state index contributed by atoms with van der Waals surface area (Å²) in [5.41, 5.74) is -6.71. The van der Waals surface area contributed by atoms with Crippen LogP contribution in [0.4, 0.5) is 0 Å². The van der Waals surface area contributed by atoms with E-state index in [1.165, 1.54) is 29.4 Å². The molecule has 3 aliphatic rings. The van der Waals surface area contributed by atoms with Gasteiger partial charge in [0.1, 0.15) is 0 Å². The third-order valence-electron chi connectivity index (χ3n) is 16.2. The number of aliphatic carboxylic acids is 12. The predicted molar refractivity (Wildman–Crippen MR) is 289 cm³/mol. The summed E-state index contributed by atoms with van der Waals surface area (Å²) in [6, 6.07) is 3.05. The second kappa shape index (κ2) is 35.4. The molecule has 0 aliphatic carbocycles. The molecule has 4 N–H and O–H groups in total. The standard InChI is InChI=1S/C56H80N10O27/c67-39(3-1-5-54(64(24-47(81)82)25-48(83)84)30-58(18-41(69)70)9-10-59(31-54)19-42(71)72)36-15-37(40(68)4-2-6-55(65(26-49(85)86)27-50(87)88)32-60(20-43(73)74)11-12-61(33-55)21-44(75)76)17-38(16-36)53(93)57-8-7-56(66(28-51(89)90)29-52(91)92)34-62(22-45(77)78)13-14-63(35-56)23-46(79)80/h15-17H,1-14,18-35H2,(H,57,93)(H,69,70)(H,71,72)(H,73,74)(H,75,76)(H,77,78)(H,79,80)(H,81,82)(H,83,84)(H,85,86)(H,87,88)(H,89,90)(H,91,92)/p-9. The van der Waals surface area contributed by atoms with Crippen molar-refractivity contribution in [2.75, 3.05) is 164 Å². The van der Waals surface area contributed by atoms with E-state index in [-0.39, 0.29) is 65.0 Å². The van der Waals surface area contributed by atoms with Gasteiger partial charge in [0.15, 0.2) is 11.6 Å². The van der Waals surface area contributed by atoms with Crippen LogP contribution in [0.5, 0.6) is 0 Å². The van der Waals surface area contributed by atoms with Crippen LogP contribution in [0, 0.1) is 0 Å². The zero-order chi connectivity index (χ0) is 69.5. The lowest BCUT2D eigenvalue weighted by Gasteiger charge is -2.47. The number of ketones is 2. The van der Waals surface area contributed by atoms with Crippen molar-refractivity contribution in [2.24, 2.45) is 0 Å². The molecule has 3 heterocycles. The smallest absolute Gasteiger partial charge is 0.317 e. The SMILES string of the molecule is O=C([O-])CN1CCN(CC(=O)O)CC(CCNC(=O)c2cc(C(=O)CCCC3(N(CC(=O)[O-])CC(=O)O)CN(CC(=O)[O-])CCN(CC(=O)[O-])C3)cc(C(=O)CCCC3(N(CC(=O)[O-])CC(=O)O)CN(CC(=O)[O-])CCN(CC(=O)[O-])C3)c2)(N(CC(=O)[O-])CC(=O)[O-])C1. The quantitative estimate of drug-likeness (QED) is 0.0442. The monoisotopic (exact) mass is 1320 g/mol. The minimum absolute atomic E-state index is 0.151. The summed E-state index contributed by atoms with van der Waals surface area (Å²) in [4.78, 5) is 199. The van der Waals surface area contributed by atoms with E-state index in [1.807, 2.05) is 0 Å². The summed E-state index contributed by atoms with van der Waals surface area (Å²) in [6.07, 6.45) is -3.11. The van der Waals surface area contributed by atoms with Gasteiger partial charge < -0.3 is 110 Å². The van der Waals surface area contributed by atoms with Gasteiger partial charge in [0.2, 0.25) is 0 Å². The van der Waals surface area contributed by atoms with Crippen LogP contribution < -0.4 is 51.3 Å². The second-order valence-corrected chi connectivity index (χ2v) is 23.4. The lowest BCUT2D eigenvalue weighted by molar-refractivity contribution is -0.314. The van der Waals surface area contributed by atoms with E-state index in [2.05, 4.69) is 5.32 Å². The van der Waals surface area contributed by atoms with E-state index in [0.29, 0.717) is 0 Å². The molecule has 1 aromatic rings. The van der Waals surface area contributed by atoms with E-state index in [9.17, 15) is 133 Å². The Morgan fingerprint density at radius 3 is 0.871 bits per heavy atom. The van der Waals surface area contributed by atoms with E-state index in [1.54, 1.807) is 0 Å². The lowest BCUT2D eigenvalue weighted by atomic mass is 9.86. The zero-order valence-corrected chi connectivity index (χ0v) is 50.5. The Kier molecular flexibility index (Phi) is 29.2. The van der Waals surface area contributed by atoms with Crippen molar-refractivity contribution in [1.29, 1.82) is 0 Å². The minimum Gasteiger partial charge on any atom is -0.549 e. The molecule has 3 fully saturated rings. The van der Waals surface area contributed by atoms with Crippen LogP contribution >= 0.6 is 0 Å². The number of amides is 1. The Bertz CT molecular complexity index is 2520. The van der Waals surface area contributed by atoms with Crippen LogP contribution in [-0.4, -0.2) is 329 Å². The molecule has 1 aromatic carbocycles. The van der Waals surface area contributed by atoms with Gasteiger partial charge >= 0.3 is 17.9 Å². The number of hydrogen-bond donors (Lipinski definition) is 4.